The van der Waals surface area contributed by atoms with Gasteiger partial charge < -0.3 is 10.3 Å². The smallest absolute Gasteiger partial charge is 0.265 e. The molecule has 0 saturated heterocycles. The van der Waals surface area contributed by atoms with E-state index in [0.717, 1.165) is 6.08 Å². The standard InChI is InChI=1S/C18H15F2N3O/c1-9-12-5-10(8-21)6-13(11-3-4-14(19)15(20)7-11)17(12)23(2)16(9)18(22)24/h5-7H,3-4H2,1-2H3,(H2,22,24). The summed E-state index contributed by atoms with van der Waals surface area (Å²) < 4.78 is 28.7. The third-order valence-electron chi connectivity index (χ3n) is 4.42. The van der Waals surface area contributed by atoms with E-state index < -0.39 is 17.6 Å². The number of allylic oxidation sites excluding steroid dienone is 4. The van der Waals surface area contributed by atoms with Gasteiger partial charge in [0.25, 0.3) is 5.91 Å². The second-order valence-corrected chi connectivity index (χ2v) is 5.85. The van der Waals surface area contributed by atoms with Crippen LogP contribution in [0.4, 0.5) is 8.78 Å². The third kappa shape index (κ3) is 2.29. The van der Waals surface area contributed by atoms with Crippen molar-refractivity contribution in [2.24, 2.45) is 12.8 Å². The molecule has 2 aromatic rings. The van der Waals surface area contributed by atoms with Crippen molar-refractivity contribution in [2.75, 3.05) is 0 Å². The number of nitrogens with zero attached hydrogens (tertiary/aromatic N) is 2. The number of nitriles is 1. The zero-order chi connectivity index (χ0) is 17.6. The molecule has 0 aliphatic heterocycles. The monoisotopic (exact) mass is 327 g/mol. The van der Waals surface area contributed by atoms with Crippen LogP contribution in [0.1, 0.15) is 40.0 Å². The average molecular weight is 327 g/mol. The number of fused-ring (bicyclic) bond motifs is 1. The number of primary amides is 1. The minimum absolute atomic E-state index is 0.0258. The highest BCUT2D eigenvalue weighted by atomic mass is 19.2. The number of carbonyl (C=O) groups excluding carboxylic acids is 1. The highest BCUT2D eigenvalue weighted by Gasteiger charge is 2.22. The fraction of sp³-hybridized carbons (Fsp3) is 0.222. The Kier molecular flexibility index (Phi) is 3.72. The number of nitrogens with two attached hydrogens (primary N) is 1. The molecule has 3 rings (SSSR count). The first-order valence-corrected chi connectivity index (χ1v) is 7.43. The minimum Gasteiger partial charge on any atom is -0.364 e. The van der Waals surface area contributed by atoms with Crippen molar-refractivity contribution in [1.82, 2.24) is 4.57 Å². The lowest BCUT2D eigenvalue weighted by atomic mass is 9.93. The molecule has 0 unspecified atom stereocenters. The van der Waals surface area contributed by atoms with Crippen LogP contribution in [0.3, 0.4) is 0 Å². The first kappa shape index (κ1) is 15.9. The minimum atomic E-state index is -0.896. The van der Waals surface area contributed by atoms with Gasteiger partial charge in [-0.3, -0.25) is 4.79 Å². The van der Waals surface area contributed by atoms with E-state index in [4.69, 9.17) is 5.73 Å². The van der Waals surface area contributed by atoms with Crippen LogP contribution < -0.4 is 5.73 Å². The topological polar surface area (TPSA) is 71.8 Å². The van der Waals surface area contributed by atoms with Crippen molar-refractivity contribution in [2.45, 2.75) is 19.8 Å². The van der Waals surface area contributed by atoms with Crippen molar-refractivity contribution in [1.29, 1.82) is 5.26 Å². The number of rotatable bonds is 2. The normalized spacial score (nSPS) is 14.7. The summed E-state index contributed by atoms with van der Waals surface area (Å²) in [7, 11) is 1.70. The second-order valence-electron chi connectivity index (χ2n) is 5.85. The molecule has 0 saturated carbocycles. The van der Waals surface area contributed by atoms with Gasteiger partial charge in [0.2, 0.25) is 0 Å². The number of hydrogen-bond acceptors (Lipinski definition) is 2. The zero-order valence-corrected chi connectivity index (χ0v) is 13.3. The molecule has 6 heteroatoms. The predicted molar refractivity (Wildman–Crippen MR) is 87.3 cm³/mol. The van der Waals surface area contributed by atoms with Crippen LogP contribution in [-0.4, -0.2) is 10.5 Å². The highest BCUT2D eigenvalue weighted by molar-refractivity contribution is 6.04. The Labute approximate surface area is 137 Å². The van der Waals surface area contributed by atoms with E-state index >= 15 is 0 Å². The summed E-state index contributed by atoms with van der Waals surface area (Å²) in [4.78, 5) is 11.8. The van der Waals surface area contributed by atoms with Crippen molar-refractivity contribution >= 4 is 22.4 Å². The lowest BCUT2D eigenvalue weighted by Gasteiger charge is -2.15. The lowest BCUT2D eigenvalue weighted by molar-refractivity contribution is 0.0992. The fourth-order valence-electron chi connectivity index (χ4n) is 3.31. The molecule has 1 heterocycles. The number of amides is 1. The molecule has 0 fully saturated rings. The molecular formula is C18H15F2N3O. The maximum absolute atomic E-state index is 13.7. The fourth-order valence-corrected chi connectivity index (χ4v) is 3.31. The quantitative estimate of drug-likeness (QED) is 0.911. The van der Waals surface area contributed by atoms with Gasteiger partial charge in [-0.25, -0.2) is 8.78 Å². The van der Waals surface area contributed by atoms with Gasteiger partial charge in [0.1, 0.15) is 11.5 Å². The number of carbonyl (C=O) groups is 1. The lowest BCUT2D eigenvalue weighted by Crippen LogP contribution is -2.16. The van der Waals surface area contributed by atoms with Crippen molar-refractivity contribution in [3.05, 3.63) is 52.2 Å². The summed E-state index contributed by atoms with van der Waals surface area (Å²) in [6.45, 7) is 1.75. The Bertz CT molecular complexity index is 990. The Morgan fingerprint density at radius 2 is 2.04 bits per heavy atom. The van der Waals surface area contributed by atoms with Crippen molar-refractivity contribution in [3.8, 4) is 6.07 Å². The number of aromatic nitrogens is 1. The Morgan fingerprint density at radius 3 is 2.62 bits per heavy atom. The van der Waals surface area contributed by atoms with Crippen molar-refractivity contribution < 1.29 is 13.6 Å². The second kappa shape index (κ2) is 5.60. The van der Waals surface area contributed by atoms with E-state index in [-0.39, 0.29) is 6.42 Å². The molecule has 0 radical (unpaired) electrons. The molecular weight excluding hydrogens is 312 g/mol. The number of halogens is 2. The van der Waals surface area contributed by atoms with E-state index in [1.54, 1.807) is 30.7 Å². The van der Waals surface area contributed by atoms with E-state index in [2.05, 4.69) is 6.07 Å². The summed E-state index contributed by atoms with van der Waals surface area (Å²) in [6, 6.07) is 5.38. The molecule has 1 aliphatic rings. The summed E-state index contributed by atoms with van der Waals surface area (Å²) >= 11 is 0. The molecule has 1 aliphatic carbocycles. The summed E-state index contributed by atoms with van der Waals surface area (Å²) in [6.07, 6.45) is 1.45. The van der Waals surface area contributed by atoms with Crippen LogP contribution in [-0.2, 0) is 7.05 Å². The van der Waals surface area contributed by atoms with E-state index in [0.29, 0.717) is 45.3 Å². The summed E-state index contributed by atoms with van der Waals surface area (Å²) in [5.74, 6) is -2.24. The maximum Gasteiger partial charge on any atom is 0.265 e. The molecule has 24 heavy (non-hydrogen) atoms. The van der Waals surface area contributed by atoms with Gasteiger partial charge in [0, 0.05) is 24.4 Å². The van der Waals surface area contributed by atoms with Crippen LogP contribution in [0.15, 0.2) is 29.9 Å². The van der Waals surface area contributed by atoms with Crippen molar-refractivity contribution in [3.63, 3.8) is 0 Å². The van der Waals surface area contributed by atoms with Crippen LogP contribution in [0.5, 0.6) is 0 Å². The maximum atomic E-state index is 13.7. The summed E-state index contributed by atoms with van der Waals surface area (Å²) in [5.41, 5.74) is 8.73. The first-order valence-electron chi connectivity index (χ1n) is 7.43. The van der Waals surface area contributed by atoms with E-state index in [9.17, 15) is 18.8 Å². The molecule has 1 aromatic carbocycles. The number of aryl methyl sites for hydroxylation is 2. The Balaban J connectivity index is 2.40. The highest BCUT2D eigenvalue weighted by Crippen LogP contribution is 2.37. The SMILES string of the molecule is Cc1c(C(N)=O)n(C)c2c(C3=CC(F)=C(F)CC3)cc(C#N)cc12. The molecule has 122 valence electrons. The average Bonchev–Trinajstić information content (AvgIpc) is 2.80. The van der Waals surface area contributed by atoms with Crippen LogP contribution in [0, 0.1) is 18.3 Å². The summed E-state index contributed by atoms with van der Waals surface area (Å²) in [5, 5.41) is 9.98. The third-order valence-corrected chi connectivity index (χ3v) is 4.42. The molecule has 0 spiro atoms. The number of hydrogen-bond donors (Lipinski definition) is 1. The first-order chi connectivity index (χ1) is 11.3. The number of benzene rings is 1. The van der Waals surface area contributed by atoms with Gasteiger partial charge in [-0.2, -0.15) is 5.26 Å². The van der Waals surface area contributed by atoms with Gasteiger partial charge in [0.05, 0.1) is 17.1 Å². The molecule has 4 nitrogen and oxygen atoms in total. The Morgan fingerprint density at radius 1 is 1.33 bits per heavy atom. The van der Waals surface area contributed by atoms with Gasteiger partial charge >= 0.3 is 0 Å². The molecule has 0 bridgehead atoms. The molecule has 1 aromatic heterocycles. The molecule has 2 N–H and O–H groups in total. The molecule has 1 amide bonds. The zero-order valence-electron chi connectivity index (χ0n) is 13.3. The van der Waals surface area contributed by atoms with Crippen LogP contribution in [0.25, 0.3) is 16.5 Å². The van der Waals surface area contributed by atoms with Crippen LogP contribution >= 0.6 is 0 Å². The van der Waals surface area contributed by atoms with Gasteiger partial charge in [-0.1, -0.05) is 0 Å². The van der Waals surface area contributed by atoms with E-state index in [1.165, 1.54) is 0 Å². The van der Waals surface area contributed by atoms with Gasteiger partial charge in [-0.15, -0.1) is 0 Å². The van der Waals surface area contributed by atoms with E-state index in [1.807, 2.05) is 0 Å². The van der Waals surface area contributed by atoms with Gasteiger partial charge in [0.15, 0.2) is 5.83 Å². The largest absolute Gasteiger partial charge is 0.364 e. The predicted octanol–water partition coefficient (Wildman–Crippen LogP) is 3.79. The molecule has 0 atom stereocenters. The van der Waals surface area contributed by atoms with Gasteiger partial charge in [-0.05, 0) is 42.7 Å². The Hall–Kier alpha value is -2.94. The van der Waals surface area contributed by atoms with Crippen LogP contribution in [0.2, 0.25) is 0 Å².